The quantitative estimate of drug-likeness (QED) is 0.821. The number of ether oxygens (including phenoxy) is 2. The Kier molecular flexibility index (Phi) is 3.21. The fourth-order valence-electron chi connectivity index (χ4n) is 1.80. The summed E-state index contributed by atoms with van der Waals surface area (Å²) in [6.07, 6.45) is -0.455. The van der Waals surface area contributed by atoms with Crippen molar-refractivity contribution in [3.8, 4) is 6.01 Å². The number of amides is 1. The van der Waals surface area contributed by atoms with Crippen LogP contribution in [-0.2, 0) is 17.8 Å². The maximum Gasteiger partial charge on any atom is 0.410 e. The standard InChI is InChI=1S/C12H17N3O4/c1-12(2,3)19-11(17)15-5-7-8(6-15)13-10(18-4)14-9(7)16/h5-6H2,1-4H3,(H,13,14,16). The Hall–Kier alpha value is -2.05. The normalized spacial score (nSPS) is 14.2. The molecular weight excluding hydrogens is 250 g/mol. The molecule has 1 amide bonds. The molecule has 7 nitrogen and oxygen atoms in total. The molecule has 2 rings (SSSR count). The molecule has 1 aliphatic heterocycles. The van der Waals surface area contributed by atoms with E-state index in [0.29, 0.717) is 11.3 Å². The molecule has 0 atom stereocenters. The predicted molar refractivity (Wildman–Crippen MR) is 66.9 cm³/mol. The molecule has 1 aliphatic rings. The van der Waals surface area contributed by atoms with Gasteiger partial charge >= 0.3 is 6.09 Å². The highest BCUT2D eigenvalue weighted by molar-refractivity contribution is 5.69. The zero-order chi connectivity index (χ0) is 14.2. The lowest BCUT2D eigenvalue weighted by atomic mass is 10.2. The van der Waals surface area contributed by atoms with Gasteiger partial charge in [0.15, 0.2) is 0 Å². The van der Waals surface area contributed by atoms with Crippen LogP contribution in [0.4, 0.5) is 4.79 Å². The Morgan fingerprint density at radius 1 is 1.37 bits per heavy atom. The van der Waals surface area contributed by atoms with Crippen LogP contribution in [0.5, 0.6) is 6.01 Å². The minimum Gasteiger partial charge on any atom is -0.468 e. The minimum atomic E-state index is -0.566. The van der Waals surface area contributed by atoms with Crippen LogP contribution < -0.4 is 10.3 Å². The van der Waals surface area contributed by atoms with Gasteiger partial charge in [0.1, 0.15) is 5.60 Å². The van der Waals surface area contributed by atoms with Gasteiger partial charge < -0.3 is 9.47 Å². The molecule has 0 aromatic carbocycles. The number of methoxy groups -OCH3 is 1. The van der Waals surface area contributed by atoms with E-state index in [1.54, 1.807) is 20.8 Å². The second-order valence-corrected chi connectivity index (χ2v) is 5.34. The van der Waals surface area contributed by atoms with Crippen LogP contribution in [0.1, 0.15) is 32.0 Å². The molecule has 1 N–H and O–H groups in total. The maximum absolute atomic E-state index is 11.9. The van der Waals surface area contributed by atoms with Crippen LogP contribution in [0, 0.1) is 0 Å². The Morgan fingerprint density at radius 3 is 2.63 bits per heavy atom. The summed E-state index contributed by atoms with van der Waals surface area (Å²) in [5.74, 6) is 0. The number of nitrogens with one attached hydrogen (secondary N) is 1. The first-order chi connectivity index (χ1) is 8.80. The third-order valence-electron chi connectivity index (χ3n) is 2.61. The first-order valence-electron chi connectivity index (χ1n) is 5.94. The summed E-state index contributed by atoms with van der Waals surface area (Å²) in [5.41, 5.74) is 0.176. The van der Waals surface area contributed by atoms with Gasteiger partial charge in [-0.05, 0) is 20.8 Å². The van der Waals surface area contributed by atoms with Crippen LogP contribution in [-0.4, -0.2) is 33.7 Å². The molecule has 1 aromatic heterocycles. The van der Waals surface area contributed by atoms with Crippen molar-refractivity contribution in [2.75, 3.05) is 7.11 Å². The molecule has 0 bridgehead atoms. The first kappa shape index (κ1) is 13.4. The second-order valence-electron chi connectivity index (χ2n) is 5.34. The molecule has 0 saturated carbocycles. The number of H-pyrrole nitrogens is 1. The van der Waals surface area contributed by atoms with Crippen LogP contribution in [0.25, 0.3) is 0 Å². The first-order valence-corrected chi connectivity index (χ1v) is 5.94. The van der Waals surface area contributed by atoms with Gasteiger partial charge in [-0.2, -0.15) is 4.98 Å². The second kappa shape index (κ2) is 4.56. The smallest absolute Gasteiger partial charge is 0.410 e. The van der Waals surface area contributed by atoms with Crippen molar-refractivity contribution in [2.24, 2.45) is 0 Å². The molecule has 7 heteroatoms. The Morgan fingerprint density at radius 2 is 2.05 bits per heavy atom. The number of rotatable bonds is 1. The van der Waals surface area contributed by atoms with Crippen molar-refractivity contribution in [1.29, 1.82) is 0 Å². The SMILES string of the molecule is COc1nc2c(c(=O)[nH]1)CN(C(=O)OC(C)(C)C)C2. The van der Waals surface area contributed by atoms with E-state index >= 15 is 0 Å². The average Bonchev–Trinajstić information content (AvgIpc) is 2.71. The highest BCUT2D eigenvalue weighted by Crippen LogP contribution is 2.21. The summed E-state index contributed by atoms with van der Waals surface area (Å²) in [7, 11) is 1.42. The maximum atomic E-state index is 11.9. The number of nitrogens with zero attached hydrogens (tertiary/aromatic N) is 2. The van der Waals surface area contributed by atoms with Gasteiger partial charge in [0.25, 0.3) is 11.6 Å². The number of fused-ring (bicyclic) bond motifs is 1. The Bertz CT molecular complexity index is 559. The van der Waals surface area contributed by atoms with Crippen molar-refractivity contribution < 1.29 is 14.3 Å². The summed E-state index contributed by atoms with van der Waals surface area (Å²) in [5, 5.41) is 0. The van der Waals surface area contributed by atoms with E-state index in [1.165, 1.54) is 12.0 Å². The summed E-state index contributed by atoms with van der Waals surface area (Å²) in [4.78, 5) is 31.8. The number of carbonyl (C=O) groups excluding carboxylic acids is 1. The van der Waals surface area contributed by atoms with Gasteiger partial charge in [0, 0.05) is 0 Å². The van der Waals surface area contributed by atoms with Crippen LogP contribution >= 0.6 is 0 Å². The third-order valence-corrected chi connectivity index (χ3v) is 2.61. The lowest BCUT2D eigenvalue weighted by Crippen LogP contribution is -2.33. The summed E-state index contributed by atoms with van der Waals surface area (Å²) >= 11 is 0. The monoisotopic (exact) mass is 267 g/mol. The van der Waals surface area contributed by atoms with E-state index in [2.05, 4.69) is 9.97 Å². The van der Waals surface area contributed by atoms with Crippen molar-refractivity contribution in [2.45, 2.75) is 39.5 Å². The number of carbonyl (C=O) groups is 1. The van der Waals surface area contributed by atoms with E-state index in [-0.39, 0.29) is 24.7 Å². The van der Waals surface area contributed by atoms with Gasteiger partial charge in [-0.3, -0.25) is 14.7 Å². The van der Waals surface area contributed by atoms with Crippen molar-refractivity contribution in [3.05, 3.63) is 21.6 Å². The minimum absolute atomic E-state index is 0.148. The van der Waals surface area contributed by atoms with Crippen LogP contribution in [0.15, 0.2) is 4.79 Å². The highest BCUT2D eigenvalue weighted by atomic mass is 16.6. The molecule has 0 saturated heterocycles. The van der Waals surface area contributed by atoms with Gasteiger partial charge in [-0.15, -0.1) is 0 Å². The third kappa shape index (κ3) is 2.86. The molecular formula is C12H17N3O4. The summed E-state index contributed by atoms with van der Waals surface area (Å²) in [6, 6.07) is 0.148. The van der Waals surface area contributed by atoms with E-state index in [0.717, 1.165) is 0 Å². The zero-order valence-electron chi connectivity index (χ0n) is 11.4. The summed E-state index contributed by atoms with van der Waals surface area (Å²) < 4.78 is 10.2. The Balaban J connectivity index is 2.19. The lowest BCUT2D eigenvalue weighted by Gasteiger charge is -2.23. The molecule has 0 spiro atoms. The van der Waals surface area contributed by atoms with Gasteiger partial charge in [0.05, 0.1) is 31.5 Å². The molecule has 0 fully saturated rings. The van der Waals surface area contributed by atoms with Gasteiger partial charge in [0.2, 0.25) is 0 Å². The lowest BCUT2D eigenvalue weighted by molar-refractivity contribution is 0.0240. The van der Waals surface area contributed by atoms with Crippen molar-refractivity contribution in [3.63, 3.8) is 0 Å². The number of aromatic nitrogens is 2. The average molecular weight is 267 g/mol. The van der Waals surface area contributed by atoms with Crippen LogP contribution in [0.3, 0.4) is 0 Å². The van der Waals surface area contributed by atoms with Gasteiger partial charge in [-0.1, -0.05) is 0 Å². The number of aromatic amines is 1. The molecule has 104 valence electrons. The predicted octanol–water partition coefficient (Wildman–Crippen LogP) is 1.03. The van der Waals surface area contributed by atoms with Crippen molar-refractivity contribution >= 4 is 6.09 Å². The molecule has 0 unspecified atom stereocenters. The number of hydrogen-bond donors (Lipinski definition) is 1. The van der Waals surface area contributed by atoms with Crippen LogP contribution in [0.2, 0.25) is 0 Å². The Labute approximate surface area is 110 Å². The van der Waals surface area contributed by atoms with E-state index < -0.39 is 11.7 Å². The van der Waals surface area contributed by atoms with Gasteiger partial charge in [-0.25, -0.2) is 4.79 Å². The molecule has 0 radical (unpaired) electrons. The van der Waals surface area contributed by atoms with E-state index in [9.17, 15) is 9.59 Å². The topological polar surface area (TPSA) is 84.5 Å². The zero-order valence-corrected chi connectivity index (χ0v) is 11.4. The fraction of sp³-hybridized carbons (Fsp3) is 0.583. The largest absolute Gasteiger partial charge is 0.468 e. The molecule has 0 aliphatic carbocycles. The van der Waals surface area contributed by atoms with Crippen molar-refractivity contribution in [1.82, 2.24) is 14.9 Å². The molecule has 19 heavy (non-hydrogen) atoms. The number of hydrogen-bond acceptors (Lipinski definition) is 5. The molecule has 2 heterocycles. The van der Waals surface area contributed by atoms with E-state index in [1.807, 2.05) is 0 Å². The summed E-state index contributed by atoms with van der Waals surface area (Å²) in [6.45, 7) is 5.84. The fourth-order valence-corrected chi connectivity index (χ4v) is 1.80. The molecule has 1 aromatic rings. The highest BCUT2D eigenvalue weighted by Gasteiger charge is 2.30. The van der Waals surface area contributed by atoms with E-state index in [4.69, 9.17) is 9.47 Å².